The molecule has 0 aliphatic heterocycles. The predicted octanol–water partition coefficient (Wildman–Crippen LogP) is -7.46. The Kier molecular flexibility index (Phi) is 50.5. The van der Waals surface area contributed by atoms with E-state index in [1.807, 2.05) is 0 Å². The summed E-state index contributed by atoms with van der Waals surface area (Å²) >= 11 is 0. The summed E-state index contributed by atoms with van der Waals surface area (Å²) in [4.78, 5) is 17.9. The van der Waals surface area contributed by atoms with Crippen LogP contribution in [0.25, 0.3) is 0 Å². The topological polar surface area (TPSA) is 140 Å². The molecule has 0 saturated carbocycles. The van der Waals surface area contributed by atoms with Gasteiger partial charge in [-0.15, -0.1) is 0 Å². The second-order valence-electron chi connectivity index (χ2n) is 0.575. The van der Waals surface area contributed by atoms with Gasteiger partial charge in [0.2, 0.25) is 0 Å². The van der Waals surface area contributed by atoms with Crippen molar-refractivity contribution >= 4 is 11.9 Å². The van der Waals surface area contributed by atoms with Crippen LogP contribution in [0.4, 0.5) is 0 Å². The molecule has 50 valence electrons. The number of rotatable bonds is 0. The fourth-order valence-electron chi connectivity index (χ4n) is 0. The van der Waals surface area contributed by atoms with Gasteiger partial charge in [-0.1, -0.05) is 0 Å². The van der Waals surface area contributed by atoms with Gasteiger partial charge in [0.15, 0.2) is 0 Å². The molecule has 0 amide bonds. The minimum absolute atomic E-state index is 0. The molecule has 0 saturated heterocycles. The van der Waals surface area contributed by atoms with E-state index in [9.17, 15) is 0 Å². The van der Waals surface area contributed by atoms with E-state index in [4.69, 9.17) is 19.8 Å². The van der Waals surface area contributed by atoms with E-state index in [0.717, 1.165) is 0 Å². The van der Waals surface area contributed by atoms with Gasteiger partial charge in [-0.25, -0.2) is 0 Å². The van der Waals surface area contributed by atoms with E-state index >= 15 is 0 Å². The molecule has 0 aliphatic carbocycles. The summed E-state index contributed by atoms with van der Waals surface area (Å²) < 4.78 is 0. The molecule has 0 aliphatic rings. The maximum Gasteiger partial charge on any atom is 4.00 e. The zero-order chi connectivity index (χ0) is 5.15. The first kappa shape index (κ1) is 30.3. The standard InChI is InChI=1S/C2H2O4.K.H2O.O.Ti/c3-1(4)2(5)6;;;;/h(H,3,4)(H,5,6);;1H2;;/q;+1;;-2;+4/p-2. The molecular weight excluding hydrogens is 207 g/mol. The summed E-state index contributed by atoms with van der Waals surface area (Å²) in [5, 5.41) is 17.9. The van der Waals surface area contributed by atoms with Crippen molar-refractivity contribution in [2.24, 2.45) is 0 Å². The van der Waals surface area contributed by atoms with Crippen LogP contribution in [0.5, 0.6) is 0 Å². The van der Waals surface area contributed by atoms with Crippen molar-refractivity contribution in [3.8, 4) is 0 Å². The maximum absolute atomic E-state index is 8.93. The van der Waals surface area contributed by atoms with Crippen LogP contribution in [0.1, 0.15) is 0 Å². The molecule has 0 aromatic carbocycles. The summed E-state index contributed by atoms with van der Waals surface area (Å²) in [6.45, 7) is 0. The van der Waals surface area contributed by atoms with Crippen LogP contribution >= 0.6 is 0 Å². The quantitative estimate of drug-likeness (QED) is 0.288. The van der Waals surface area contributed by atoms with Gasteiger partial charge in [-0.2, -0.15) is 0 Å². The Morgan fingerprint density at radius 3 is 1.10 bits per heavy atom. The van der Waals surface area contributed by atoms with Gasteiger partial charge in [0, 0.05) is 0 Å². The van der Waals surface area contributed by atoms with E-state index in [1.165, 1.54) is 0 Å². The molecule has 0 bridgehead atoms. The maximum atomic E-state index is 8.93. The molecule has 0 spiro atoms. The van der Waals surface area contributed by atoms with Crippen molar-refractivity contribution < 1.29 is 104 Å². The Balaban J connectivity index is -0.0000000208. The molecular formula is C2H2KO6Ti+. The summed E-state index contributed by atoms with van der Waals surface area (Å²) in [5.74, 6) is -4.37. The van der Waals surface area contributed by atoms with Crippen molar-refractivity contribution in [2.75, 3.05) is 0 Å². The summed E-state index contributed by atoms with van der Waals surface area (Å²) in [6, 6.07) is 0. The van der Waals surface area contributed by atoms with Gasteiger partial charge in [0.1, 0.15) is 0 Å². The van der Waals surface area contributed by atoms with E-state index in [0.29, 0.717) is 0 Å². The van der Waals surface area contributed by atoms with Crippen LogP contribution < -0.4 is 61.6 Å². The average Bonchev–Trinajstić information content (AvgIpc) is 1.36. The molecule has 0 unspecified atom stereocenters. The van der Waals surface area contributed by atoms with Crippen LogP contribution in [-0.2, 0) is 36.8 Å². The first-order valence-corrected chi connectivity index (χ1v) is 1.07. The Labute approximate surface area is 114 Å². The van der Waals surface area contributed by atoms with Crippen LogP contribution in [-0.4, -0.2) is 17.4 Å². The average molecular weight is 209 g/mol. The van der Waals surface area contributed by atoms with Gasteiger partial charge >= 0.3 is 73.1 Å². The smallest absolute Gasteiger partial charge is 2.00 e. The molecule has 0 atom stereocenters. The molecule has 0 fully saturated rings. The minimum atomic E-state index is -2.19. The zero-order valence-corrected chi connectivity index (χ0v) is 9.73. The van der Waals surface area contributed by atoms with Crippen LogP contribution in [0.3, 0.4) is 0 Å². The fraction of sp³-hybridized carbons (Fsp3) is 0. The van der Waals surface area contributed by atoms with Crippen molar-refractivity contribution in [3.05, 3.63) is 0 Å². The number of carbonyl (C=O) groups excluding carboxylic acids is 2. The Bertz CT molecular complexity index is 81.7. The molecule has 10 heavy (non-hydrogen) atoms. The summed E-state index contributed by atoms with van der Waals surface area (Å²) in [6.07, 6.45) is 0. The Morgan fingerprint density at radius 1 is 1.00 bits per heavy atom. The summed E-state index contributed by atoms with van der Waals surface area (Å²) in [7, 11) is 0. The van der Waals surface area contributed by atoms with Crippen molar-refractivity contribution in [1.82, 2.24) is 0 Å². The van der Waals surface area contributed by atoms with Crippen molar-refractivity contribution in [2.45, 2.75) is 0 Å². The van der Waals surface area contributed by atoms with Crippen LogP contribution in [0.2, 0.25) is 0 Å². The van der Waals surface area contributed by atoms with E-state index < -0.39 is 11.9 Å². The molecule has 8 heteroatoms. The second kappa shape index (κ2) is 16.7. The molecule has 0 heterocycles. The third-order valence-electron chi connectivity index (χ3n) is 0.167. The number of hydrogen-bond donors (Lipinski definition) is 0. The fourth-order valence-corrected chi connectivity index (χ4v) is 0. The van der Waals surface area contributed by atoms with Gasteiger partial charge in [0.25, 0.3) is 0 Å². The Morgan fingerprint density at radius 2 is 1.10 bits per heavy atom. The van der Waals surface area contributed by atoms with Gasteiger partial charge in [-0.3, -0.25) is 0 Å². The first-order chi connectivity index (χ1) is 2.64. The van der Waals surface area contributed by atoms with Crippen LogP contribution in [0, 0.1) is 0 Å². The Hall–Kier alpha value is 1.21. The normalized spacial score (nSPS) is 4.40. The first-order valence-electron chi connectivity index (χ1n) is 1.07. The largest absolute Gasteiger partial charge is 4.00 e. The number of carboxylic acid groups (broad SMARTS) is 2. The van der Waals surface area contributed by atoms with Gasteiger partial charge in [-0.05, 0) is 0 Å². The van der Waals surface area contributed by atoms with Gasteiger partial charge < -0.3 is 30.8 Å². The van der Waals surface area contributed by atoms with Gasteiger partial charge in [0.05, 0.1) is 11.9 Å². The van der Waals surface area contributed by atoms with Crippen LogP contribution in [0.15, 0.2) is 0 Å². The summed E-state index contributed by atoms with van der Waals surface area (Å²) in [5.41, 5.74) is 0. The molecule has 0 aromatic rings. The number of hydrogen-bond acceptors (Lipinski definition) is 4. The minimum Gasteiger partial charge on any atom is -2.00 e. The monoisotopic (exact) mass is 209 g/mol. The van der Waals surface area contributed by atoms with E-state index in [2.05, 4.69) is 0 Å². The number of carboxylic acids is 2. The predicted molar refractivity (Wildman–Crippen MR) is 14.3 cm³/mol. The zero-order valence-electron chi connectivity index (χ0n) is 5.04. The number of carbonyl (C=O) groups is 2. The molecule has 0 radical (unpaired) electrons. The molecule has 2 N–H and O–H groups in total. The molecule has 0 aromatic heterocycles. The van der Waals surface area contributed by atoms with Crippen molar-refractivity contribution in [3.63, 3.8) is 0 Å². The van der Waals surface area contributed by atoms with E-state index in [-0.39, 0.29) is 84.1 Å². The SMILES string of the molecule is O.O=C([O-])C(=O)[O-].[K+].[O-2].[Ti+4]. The molecule has 6 nitrogen and oxygen atoms in total. The third kappa shape index (κ3) is 22.9. The third-order valence-corrected chi connectivity index (χ3v) is 0.167. The molecule has 0 rings (SSSR count). The number of aliphatic carboxylic acids is 2. The van der Waals surface area contributed by atoms with E-state index in [1.54, 1.807) is 0 Å². The second-order valence-corrected chi connectivity index (χ2v) is 0.575. The van der Waals surface area contributed by atoms with Crippen molar-refractivity contribution in [1.29, 1.82) is 0 Å².